The smallest absolute Gasteiger partial charge is 0.119 e. The second kappa shape index (κ2) is 6.03. The molecule has 0 amide bonds. The van der Waals surface area contributed by atoms with Crippen LogP contribution in [0.15, 0.2) is 24.3 Å². The molecule has 0 radical (unpaired) electrons. The van der Waals surface area contributed by atoms with E-state index < -0.39 is 0 Å². The maximum atomic E-state index is 5.31. The van der Waals surface area contributed by atoms with Gasteiger partial charge >= 0.3 is 0 Å². The van der Waals surface area contributed by atoms with E-state index in [4.69, 9.17) is 4.74 Å². The van der Waals surface area contributed by atoms with Crippen molar-refractivity contribution in [1.29, 1.82) is 0 Å². The highest BCUT2D eigenvalue weighted by molar-refractivity contribution is 5.31. The molecule has 1 atom stereocenters. The van der Waals surface area contributed by atoms with E-state index in [-0.39, 0.29) is 0 Å². The number of ether oxygens (including phenoxy) is 1. The van der Waals surface area contributed by atoms with Crippen molar-refractivity contribution >= 4 is 0 Å². The van der Waals surface area contributed by atoms with Crippen molar-refractivity contribution in [3.8, 4) is 5.75 Å². The third-order valence-electron chi connectivity index (χ3n) is 3.46. The highest BCUT2D eigenvalue weighted by atomic mass is 16.5. The summed E-state index contributed by atoms with van der Waals surface area (Å²) in [6.07, 6.45) is 1.23. The molecule has 1 unspecified atom stereocenters. The summed E-state index contributed by atoms with van der Waals surface area (Å²) in [5.74, 6) is 0.947. The molecule has 1 saturated heterocycles. The second-order valence-electron chi connectivity index (χ2n) is 4.48. The van der Waals surface area contributed by atoms with E-state index >= 15 is 0 Å². The summed E-state index contributed by atoms with van der Waals surface area (Å²) in [7, 11) is 1.72. The van der Waals surface area contributed by atoms with Gasteiger partial charge in [0.05, 0.1) is 7.11 Å². The zero-order valence-electron chi connectivity index (χ0n) is 10.8. The first-order valence-corrected chi connectivity index (χ1v) is 6.44. The van der Waals surface area contributed by atoms with Crippen LogP contribution in [0.3, 0.4) is 0 Å². The van der Waals surface area contributed by atoms with Gasteiger partial charge in [-0.15, -0.1) is 0 Å². The number of methoxy groups -OCH3 is 1. The molecule has 1 aromatic rings. The average molecular weight is 234 g/mol. The highest BCUT2D eigenvalue weighted by Crippen LogP contribution is 2.24. The average Bonchev–Trinajstić information content (AvgIpc) is 2.63. The van der Waals surface area contributed by atoms with E-state index in [1.807, 2.05) is 6.07 Å². The molecule has 0 saturated carbocycles. The lowest BCUT2D eigenvalue weighted by molar-refractivity contribution is 0.222. The van der Waals surface area contributed by atoms with Crippen LogP contribution in [0.2, 0.25) is 0 Å². The molecule has 1 aromatic carbocycles. The Kier molecular flexibility index (Phi) is 4.40. The highest BCUT2D eigenvalue weighted by Gasteiger charge is 2.21. The Bertz CT molecular complexity index is 354. The van der Waals surface area contributed by atoms with Gasteiger partial charge in [-0.2, -0.15) is 0 Å². The molecule has 0 spiro atoms. The minimum Gasteiger partial charge on any atom is -0.497 e. The summed E-state index contributed by atoms with van der Waals surface area (Å²) >= 11 is 0. The molecule has 2 rings (SSSR count). The van der Waals surface area contributed by atoms with E-state index in [2.05, 4.69) is 35.3 Å². The molecule has 17 heavy (non-hydrogen) atoms. The number of likely N-dealkylation sites (N-methyl/N-ethyl adjacent to an activating group) is 1. The Balaban J connectivity index is 2.21. The predicted octanol–water partition coefficient (Wildman–Crippen LogP) is 2.05. The molecule has 0 bridgehead atoms. The van der Waals surface area contributed by atoms with E-state index in [1.165, 1.54) is 18.5 Å². The fraction of sp³-hybridized carbons (Fsp3) is 0.571. The fourth-order valence-corrected chi connectivity index (χ4v) is 2.49. The van der Waals surface area contributed by atoms with Crippen LogP contribution in [0.5, 0.6) is 5.75 Å². The van der Waals surface area contributed by atoms with Gasteiger partial charge in [-0.1, -0.05) is 19.1 Å². The first-order valence-electron chi connectivity index (χ1n) is 6.44. The molecular formula is C14H22N2O. The summed E-state index contributed by atoms with van der Waals surface area (Å²) in [5, 5.41) is 3.52. The van der Waals surface area contributed by atoms with Crippen molar-refractivity contribution in [1.82, 2.24) is 10.2 Å². The number of hydrogen-bond donors (Lipinski definition) is 1. The van der Waals surface area contributed by atoms with Gasteiger partial charge in [0, 0.05) is 12.6 Å². The summed E-state index contributed by atoms with van der Waals surface area (Å²) in [4.78, 5) is 2.54. The van der Waals surface area contributed by atoms with Gasteiger partial charge in [0.2, 0.25) is 0 Å². The molecular weight excluding hydrogens is 212 g/mol. The van der Waals surface area contributed by atoms with Gasteiger partial charge in [0.25, 0.3) is 0 Å². The number of hydrogen-bond acceptors (Lipinski definition) is 3. The van der Waals surface area contributed by atoms with Gasteiger partial charge in [-0.05, 0) is 43.8 Å². The fourth-order valence-electron chi connectivity index (χ4n) is 2.49. The van der Waals surface area contributed by atoms with Crippen molar-refractivity contribution in [3.63, 3.8) is 0 Å². The van der Waals surface area contributed by atoms with Crippen molar-refractivity contribution in [2.24, 2.45) is 0 Å². The number of benzene rings is 1. The Morgan fingerprint density at radius 3 is 3.12 bits per heavy atom. The minimum atomic E-state index is 0.470. The lowest BCUT2D eigenvalue weighted by Crippen LogP contribution is -2.32. The van der Waals surface area contributed by atoms with Crippen LogP contribution in [0.4, 0.5) is 0 Å². The molecule has 0 aliphatic carbocycles. The minimum absolute atomic E-state index is 0.470. The Labute approximate surface area is 104 Å². The number of rotatable bonds is 3. The molecule has 1 fully saturated rings. The summed E-state index contributed by atoms with van der Waals surface area (Å²) in [5.41, 5.74) is 1.35. The molecule has 3 heteroatoms. The van der Waals surface area contributed by atoms with Gasteiger partial charge in [0.15, 0.2) is 0 Å². The van der Waals surface area contributed by atoms with Crippen molar-refractivity contribution in [2.45, 2.75) is 19.4 Å². The number of nitrogens with zero attached hydrogens (tertiary/aromatic N) is 1. The summed E-state index contributed by atoms with van der Waals surface area (Å²) in [6, 6.07) is 8.90. The SMILES string of the molecule is CCN1CCCNCC1c1cccc(OC)c1. The van der Waals surface area contributed by atoms with Crippen molar-refractivity contribution in [3.05, 3.63) is 29.8 Å². The lowest BCUT2D eigenvalue weighted by atomic mass is 10.0. The lowest BCUT2D eigenvalue weighted by Gasteiger charge is -2.28. The molecule has 1 N–H and O–H groups in total. The van der Waals surface area contributed by atoms with Crippen LogP contribution < -0.4 is 10.1 Å². The topological polar surface area (TPSA) is 24.5 Å². The van der Waals surface area contributed by atoms with Crippen LogP contribution in [0, 0.1) is 0 Å². The van der Waals surface area contributed by atoms with Crippen molar-refractivity contribution in [2.75, 3.05) is 33.3 Å². The monoisotopic (exact) mass is 234 g/mol. The van der Waals surface area contributed by atoms with Crippen molar-refractivity contribution < 1.29 is 4.74 Å². The third-order valence-corrected chi connectivity index (χ3v) is 3.46. The molecule has 1 aliphatic rings. The summed E-state index contributed by atoms with van der Waals surface area (Å²) in [6.45, 7) is 6.66. The van der Waals surface area contributed by atoms with Crippen LogP contribution in [0.25, 0.3) is 0 Å². The first-order chi connectivity index (χ1) is 8.35. The maximum Gasteiger partial charge on any atom is 0.119 e. The maximum absolute atomic E-state index is 5.31. The van der Waals surface area contributed by atoms with E-state index in [0.717, 1.165) is 25.4 Å². The Morgan fingerprint density at radius 2 is 2.35 bits per heavy atom. The van der Waals surface area contributed by atoms with Gasteiger partial charge < -0.3 is 10.1 Å². The molecule has 0 aromatic heterocycles. The zero-order valence-corrected chi connectivity index (χ0v) is 10.8. The van der Waals surface area contributed by atoms with Gasteiger partial charge in [0.1, 0.15) is 5.75 Å². The molecule has 94 valence electrons. The molecule has 1 heterocycles. The van der Waals surface area contributed by atoms with E-state index in [1.54, 1.807) is 7.11 Å². The summed E-state index contributed by atoms with van der Waals surface area (Å²) < 4.78 is 5.31. The Hall–Kier alpha value is -1.06. The zero-order chi connectivity index (χ0) is 12.1. The first kappa shape index (κ1) is 12.4. The quantitative estimate of drug-likeness (QED) is 0.866. The molecule has 3 nitrogen and oxygen atoms in total. The standard InChI is InChI=1S/C14H22N2O/c1-3-16-9-5-8-15-11-14(16)12-6-4-7-13(10-12)17-2/h4,6-7,10,14-15H,3,5,8-9,11H2,1-2H3. The number of nitrogens with one attached hydrogen (secondary N) is 1. The van der Waals surface area contributed by atoms with Gasteiger partial charge in [-0.25, -0.2) is 0 Å². The molecule has 1 aliphatic heterocycles. The third kappa shape index (κ3) is 2.99. The van der Waals surface area contributed by atoms with Crippen LogP contribution in [-0.2, 0) is 0 Å². The largest absolute Gasteiger partial charge is 0.497 e. The van der Waals surface area contributed by atoms with E-state index in [9.17, 15) is 0 Å². The van der Waals surface area contributed by atoms with E-state index in [0.29, 0.717) is 6.04 Å². The van der Waals surface area contributed by atoms with Gasteiger partial charge in [-0.3, -0.25) is 4.90 Å². The predicted molar refractivity (Wildman–Crippen MR) is 70.5 cm³/mol. The van der Waals surface area contributed by atoms with Crippen LogP contribution >= 0.6 is 0 Å². The van der Waals surface area contributed by atoms with Crippen LogP contribution in [-0.4, -0.2) is 38.2 Å². The Morgan fingerprint density at radius 1 is 1.47 bits per heavy atom. The second-order valence-corrected chi connectivity index (χ2v) is 4.48. The van der Waals surface area contributed by atoms with Crippen LogP contribution in [0.1, 0.15) is 24.9 Å². The normalized spacial score (nSPS) is 22.1.